The van der Waals surface area contributed by atoms with E-state index in [-0.39, 0.29) is 12.2 Å². The third kappa shape index (κ3) is 10.9. The predicted octanol–water partition coefficient (Wildman–Crippen LogP) is -1.20. The lowest BCUT2D eigenvalue weighted by Gasteiger charge is -2.25. The second-order valence-electron chi connectivity index (χ2n) is 8.70. The van der Waals surface area contributed by atoms with E-state index >= 15 is 0 Å². The molecule has 0 aliphatic rings. The number of aliphatic carboxylic acids is 3. The molecule has 37 heavy (non-hydrogen) atoms. The van der Waals surface area contributed by atoms with Gasteiger partial charge >= 0.3 is 17.9 Å². The molecule has 0 saturated heterocycles. The number of carboxylic acids is 3. The van der Waals surface area contributed by atoms with Gasteiger partial charge in [0.25, 0.3) is 0 Å². The van der Waals surface area contributed by atoms with E-state index in [1.807, 2.05) is 0 Å². The SMILES string of the molecule is CC(C)C(NC(=O)C(CCC(=O)O)NC(=O)C(CC(=O)O)NC(=O)C(N)Cc1ccc(O)cc1)C(=O)O. The molecule has 14 nitrogen and oxygen atoms in total. The fraction of sp³-hybridized carbons (Fsp3) is 0.478. The number of benzene rings is 1. The molecule has 3 amide bonds. The molecule has 0 heterocycles. The highest BCUT2D eigenvalue weighted by molar-refractivity contribution is 5.95. The summed E-state index contributed by atoms with van der Waals surface area (Å²) in [7, 11) is 0. The summed E-state index contributed by atoms with van der Waals surface area (Å²) < 4.78 is 0. The van der Waals surface area contributed by atoms with Gasteiger partial charge in [-0.3, -0.25) is 24.0 Å². The molecule has 0 bridgehead atoms. The highest BCUT2D eigenvalue weighted by atomic mass is 16.4. The number of phenols is 1. The van der Waals surface area contributed by atoms with Crippen molar-refractivity contribution in [3.63, 3.8) is 0 Å². The Hall–Kier alpha value is -4.20. The van der Waals surface area contributed by atoms with Crippen molar-refractivity contribution in [2.45, 2.75) is 63.7 Å². The van der Waals surface area contributed by atoms with Crippen molar-refractivity contribution >= 4 is 35.6 Å². The molecule has 1 aromatic carbocycles. The Labute approximate surface area is 212 Å². The molecule has 0 aliphatic heterocycles. The van der Waals surface area contributed by atoms with Crippen LogP contribution in [0.1, 0.15) is 38.7 Å². The molecule has 0 fully saturated rings. The summed E-state index contributed by atoms with van der Waals surface area (Å²) in [5, 5.41) is 43.5. The fourth-order valence-electron chi connectivity index (χ4n) is 3.22. The molecule has 9 N–H and O–H groups in total. The van der Waals surface area contributed by atoms with Crippen molar-refractivity contribution in [2.75, 3.05) is 0 Å². The Morgan fingerprint density at radius 1 is 0.811 bits per heavy atom. The Morgan fingerprint density at radius 3 is 1.84 bits per heavy atom. The number of hydrogen-bond acceptors (Lipinski definition) is 8. The molecule has 1 rings (SSSR count). The Bertz CT molecular complexity index is 996. The van der Waals surface area contributed by atoms with Gasteiger partial charge in [-0.15, -0.1) is 0 Å². The molecule has 0 spiro atoms. The van der Waals surface area contributed by atoms with Gasteiger partial charge in [-0.1, -0.05) is 26.0 Å². The monoisotopic (exact) mass is 524 g/mol. The molecule has 0 saturated carbocycles. The maximum absolute atomic E-state index is 12.8. The first kappa shape index (κ1) is 30.8. The first-order valence-corrected chi connectivity index (χ1v) is 11.3. The number of amides is 3. The van der Waals surface area contributed by atoms with Crippen molar-refractivity contribution in [2.24, 2.45) is 11.7 Å². The molecule has 204 valence electrons. The van der Waals surface area contributed by atoms with E-state index in [0.717, 1.165) is 0 Å². The third-order valence-corrected chi connectivity index (χ3v) is 5.25. The number of aromatic hydroxyl groups is 1. The molecular formula is C23H32N4O10. The lowest BCUT2D eigenvalue weighted by Crippen LogP contribution is -2.58. The summed E-state index contributed by atoms with van der Waals surface area (Å²) in [6, 6.07) is 0.105. The Morgan fingerprint density at radius 2 is 1.35 bits per heavy atom. The number of carbonyl (C=O) groups excluding carboxylic acids is 3. The van der Waals surface area contributed by atoms with Gasteiger partial charge in [-0.05, 0) is 36.5 Å². The third-order valence-electron chi connectivity index (χ3n) is 5.25. The van der Waals surface area contributed by atoms with Gasteiger partial charge < -0.3 is 42.1 Å². The van der Waals surface area contributed by atoms with Crippen LogP contribution in [-0.2, 0) is 35.2 Å². The molecule has 14 heteroatoms. The largest absolute Gasteiger partial charge is 0.508 e. The summed E-state index contributed by atoms with van der Waals surface area (Å²) >= 11 is 0. The molecule has 1 aromatic rings. The first-order valence-electron chi connectivity index (χ1n) is 11.3. The highest BCUT2D eigenvalue weighted by Crippen LogP contribution is 2.11. The Kier molecular flexibility index (Phi) is 12.0. The smallest absolute Gasteiger partial charge is 0.326 e. The van der Waals surface area contributed by atoms with Crippen LogP contribution in [0.5, 0.6) is 5.75 Å². The Balaban J connectivity index is 3.00. The molecule has 0 aliphatic carbocycles. The quantitative estimate of drug-likeness (QED) is 0.135. The van der Waals surface area contributed by atoms with Crippen molar-refractivity contribution in [3.8, 4) is 5.75 Å². The maximum Gasteiger partial charge on any atom is 0.326 e. The van der Waals surface area contributed by atoms with Gasteiger partial charge in [0.1, 0.15) is 23.9 Å². The second kappa shape index (κ2) is 14.4. The normalized spacial score (nSPS) is 14.1. The number of nitrogens with two attached hydrogens (primary N) is 1. The number of rotatable bonds is 15. The van der Waals surface area contributed by atoms with E-state index in [1.54, 1.807) is 0 Å². The number of hydrogen-bond donors (Lipinski definition) is 8. The lowest BCUT2D eigenvalue weighted by molar-refractivity contribution is -0.144. The van der Waals surface area contributed by atoms with Crippen molar-refractivity contribution < 1.29 is 49.2 Å². The zero-order valence-corrected chi connectivity index (χ0v) is 20.3. The van der Waals surface area contributed by atoms with Gasteiger partial charge in [0.05, 0.1) is 12.5 Å². The van der Waals surface area contributed by atoms with E-state index in [4.69, 9.17) is 10.8 Å². The summed E-state index contributed by atoms with van der Waals surface area (Å²) in [5.74, 6) is -7.58. The van der Waals surface area contributed by atoms with Gasteiger partial charge in [-0.2, -0.15) is 0 Å². The summed E-state index contributed by atoms with van der Waals surface area (Å²) in [5.41, 5.74) is 6.46. The standard InChI is InChI=1S/C23H32N4O10/c1-11(2)19(23(36)37)27-21(34)15(7-8-17(29)30)25-22(35)16(10-18(31)32)26-20(33)14(24)9-12-3-5-13(28)6-4-12/h3-6,11,14-16,19,28H,7-10,24H2,1-2H3,(H,25,35)(H,26,33)(H,27,34)(H,29,30)(H,31,32)(H,36,37). The topological polar surface area (TPSA) is 245 Å². The zero-order chi connectivity index (χ0) is 28.3. The predicted molar refractivity (Wildman–Crippen MR) is 127 cm³/mol. The summed E-state index contributed by atoms with van der Waals surface area (Å²) in [6.07, 6.45) is -1.86. The highest BCUT2D eigenvalue weighted by Gasteiger charge is 2.32. The van der Waals surface area contributed by atoms with Gasteiger partial charge in [0.15, 0.2) is 0 Å². The second-order valence-corrected chi connectivity index (χ2v) is 8.70. The van der Waals surface area contributed by atoms with E-state index in [1.165, 1.54) is 38.1 Å². The molecule has 0 aromatic heterocycles. The van der Waals surface area contributed by atoms with Crippen LogP contribution >= 0.6 is 0 Å². The van der Waals surface area contributed by atoms with E-state index in [9.17, 15) is 44.1 Å². The fourth-order valence-corrected chi connectivity index (χ4v) is 3.22. The average Bonchev–Trinajstić information content (AvgIpc) is 2.79. The van der Waals surface area contributed by atoms with Gasteiger partial charge in [-0.25, -0.2) is 4.79 Å². The number of nitrogens with one attached hydrogen (secondary N) is 3. The van der Waals surface area contributed by atoms with Crippen LogP contribution in [0.2, 0.25) is 0 Å². The van der Waals surface area contributed by atoms with Crippen LogP contribution in [0, 0.1) is 5.92 Å². The van der Waals surface area contributed by atoms with Crippen LogP contribution in [0.15, 0.2) is 24.3 Å². The number of phenolic OH excluding ortho intramolecular Hbond substituents is 1. The van der Waals surface area contributed by atoms with E-state index < -0.39 is 85.0 Å². The average molecular weight is 525 g/mol. The van der Waals surface area contributed by atoms with E-state index in [0.29, 0.717) is 5.56 Å². The minimum absolute atomic E-state index is 0.00292. The molecular weight excluding hydrogens is 492 g/mol. The van der Waals surface area contributed by atoms with Crippen molar-refractivity contribution in [3.05, 3.63) is 29.8 Å². The lowest BCUT2D eigenvalue weighted by atomic mass is 10.0. The first-order chi connectivity index (χ1) is 17.2. The van der Waals surface area contributed by atoms with E-state index in [2.05, 4.69) is 16.0 Å². The molecule has 4 atom stereocenters. The van der Waals surface area contributed by atoms with Gasteiger partial charge in [0.2, 0.25) is 17.7 Å². The van der Waals surface area contributed by atoms with Crippen molar-refractivity contribution in [1.29, 1.82) is 0 Å². The minimum atomic E-state index is -1.67. The number of carbonyl (C=O) groups is 6. The minimum Gasteiger partial charge on any atom is -0.508 e. The van der Waals surface area contributed by atoms with Crippen LogP contribution in [-0.4, -0.2) is 80.2 Å². The van der Waals surface area contributed by atoms with Crippen LogP contribution in [0.4, 0.5) is 0 Å². The molecule has 0 radical (unpaired) electrons. The van der Waals surface area contributed by atoms with Crippen LogP contribution in [0.3, 0.4) is 0 Å². The molecule has 4 unspecified atom stereocenters. The maximum atomic E-state index is 12.8. The number of carboxylic acid groups (broad SMARTS) is 3. The summed E-state index contributed by atoms with van der Waals surface area (Å²) in [6.45, 7) is 3.06. The zero-order valence-electron chi connectivity index (χ0n) is 20.3. The van der Waals surface area contributed by atoms with Crippen LogP contribution in [0.25, 0.3) is 0 Å². The summed E-state index contributed by atoms with van der Waals surface area (Å²) in [4.78, 5) is 71.8. The van der Waals surface area contributed by atoms with Gasteiger partial charge in [0, 0.05) is 6.42 Å². The van der Waals surface area contributed by atoms with Crippen molar-refractivity contribution in [1.82, 2.24) is 16.0 Å². The van der Waals surface area contributed by atoms with Crippen LogP contribution < -0.4 is 21.7 Å².